The number of rotatable bonds is 4. The Morgan fingerprint density at radius 2 is 1.86 bits per heavy atom. The second kappa shape index (κ2) is 5.82. The lowest BCUT2D eigenvalue weighted by molar-refractivity contribution is 0.607. The van der Waals surface area contributed by atoms with Crippen molar-refractivity contribution >= 4 is 27.0 Å². The number of hydrogen-bond acceptors (Lipinski definition) is 6. The van der Waals surface area contributed by atoms with Gasteiger partial charge in [-0.15, -0.1) is 11.3 Å². The van der Waals surface area contributed by atoms with Crippen LogP contribution >= 0.6 is 11.3 Å². The van der Waals surface area contributed by atoms with Crippen LogP contribution in [0.15, 0.2) is 48.2 Å². The van der Waals surface area contributed by atoms with Crippen LogP contribution in [0.5, 0.6) is 0 Å². The SMILES string of the molecule is CS(=O)(=O)Nc1ccc(-c2csc(-c3cnccn3)n2)cc1. The van der Waals surface area contributed by atoms with Gasteiger partial charge in [0.1, 0.15) is 10.7 Å². The van der Waals surface area contributed by atoms with Gasteiger partial charge < -0.3 is 0 Å². The van der Waals surface area contributed by atoms with Gasteiger partial charge in [-0.2, -0.15) is 0 Å². The first-order valence-corrected chi connectivity index (χ1v) is 9.08. The summed E-state index contributed by atoms with van der Waals surface area (Å²) in [5.74, 6) is 0. The van der Waals surface area contributed by atoms with Crippen molar-refractivity contribution in [3.63, 3.8) is 0 Å². The molecule has 3 rings (SSSR count). The fraction of sp³-hybridized carbons (Fsp3) is 0.0714. The van der Waals surface area contributed by atoms with E-state index in [1.807, 2.05) is 17.5 Å². The van der Waals surface area contributed by atoms with Gasteiger partial charge >= 0.3 is 0 Å². The molecule has 0 spiro atoms. The average molecular weight is 332 g/mol. The first-order valence-electron chi connectivity index (χ1n) is 6.31. The number of thiazole rings is 1. The lowest BCUT2D eigenvalue weighted by Crippen LogP contribution is -2.09. The van der Waals surface area contributed by atoms with E-state index in [2.05, 4.69) is 19.7 Å². The van der Waals surface area contributed by atoms with Gasteiger partial charge in [0, 0.05) is 29.0 Å². The fourth-order valence-electron chi connectivity index (χ4n) is 1.86. The molecule has 1 N–H and O–H groups in total. The van der Waals surface area contributed by atoms with Crippen molar-refractivity contribution in [1.29, 1.82) is 0 Å². The first kappa shape index (κ1) is 14.6. The minimum Gasteiger partial charge on any atom is -0.284 e. The molecule has 0 unspecified atom stereocenters. The van der Waals surface area contributed by atoms with E-state index in [0.29, 0.717) is 5.69 Å². The van der Waals surface area contributed by atoms with Crippen LogP contribution in [0.1, 0.15) is 0 Å². The Hall–Kier alpha value is -2.32. The van der Waals surface area contributed by atoms with E-state index in [1.165, 1.54) is 11.3 Å². The van der Waals surface area contributed by atoms with Gasteiger partial charge in [-0.25, -0.2) is 13.4 Å². The molecule has 22 heavy (non-hydrogen) atoms. The number of nitrogens with one attached hydrogen (secondary N) is 1. The normalized spacial score (nSPS) is 11.3. The number of anilines is 1. The van der Waals surface area contributed by atoms with E-state index in [1.54, 1.807) is 30.7 Å². The van der Waals surface area contributed by atoms with E-state index < -0.39 is 10.0 Å². The molecule has 0 atom stereocenters. The van der Waals surface area contributed by atoms with Crippen LogP contribution in [0, 0.1) is 0 Å². The molecule has 0 radical (unpaired) electrons. The summed E-state index contributed by atoms with van der Waals surface area (Å²) < 4.78 is 24.8. The van der Waals surface area contributed by atoms with Crippen molar-refractivity contribution in [3.05, 3.63) is 48.2 Å². The highest BCUT2D eigenvalue weighted by Crippen LogP contribution is 2.28. The summed E-state index contributed by atoms with van der Waals surface area (Å²) in [6.45, 7) is 0. The topological polar surface area (TPSA) is 84.8 Å². The maximum atomic E-state index is 11.2. The van der Waals surface area contributed by atoms with Gasteiger partial charge in [0.05, 0.1) is 18.1 Å². The maximum absolute atomic E-state index is 11.2. The second-order valence-electron chi connectivity index (χ2n) is 4.58. The Kier molecular flexibility index (Phi) is 3.86. The van der Waals surface area contributed by atoms with Gasteiger partial charge in [0.2, 0.25) is 10.0 Å². The Morgan fingerprint density at radius 1 is 1.09 bits per heavy atom. The zero-order valence-corrected chi connectivity index (χ0v) is 13.2. The minimum absolute atomic E-state index is 0.524. The lowest BCUT2D eigenvalue weighted by atomic mass is 10.1. The lowest BCUT2D eigenvalue weighted by Gasteiger charge is -2.04. The van der Waals surface area contributed by atoms with Crippen LogP contribution in [0.3, 0.4) is 0 Å². The molecule has 0 saturated heterocycles. The summed E-state index contributed by atoms with van der Waals surface area (Å²) >= 11 is 1.49. The number of hydrogen-bond donors (Lipinski definition) is 1. The standard InChI is InChI=1S/C14H12N4O2S2/c1-22(19,20)18-11-4-2-10(3-5-11)13-9-21-14(17-13)12-8-15-6-7-16-12/h2-9,18H,1H3. The summed E-state index contributed by atoms with van der Waals surface area (Å²) in [7, 11) is -3.27. The van der Waals surface area contributed by atoms with Crippen LogP contribution in [0.2, 0.25) is 0 Å². The van der Waals surface area contributed by atoms with E-state index in [0.717, 1.165) is 28.2 Å². The predicted molar refractivity (Wildman–Crippen MR) is 87.0 cm³/mol. The fourth-order valence-corrected chi connectivity index (χ4v) is 3.21. The van der Waals surface area contributed by atoms with Gasteiger partial charge in [0.15, 0.2) is 0 Å². The van der Waals surface area contributed by atoms with E-state index in [4.69, 9.17) is 0 Å². The van der Waals surface area contributed by atoms with Gasteiger partial charge in [-0.3, -0.25) is 14.7 Å². The zero-order valence-electron chi connectivity index (χ0n) is 11.6. The van der Waals surface area contributed by atoms with Crippen LogP contribution in [0.25, 0.3) is 22.0 Å². The quantitative estimate of drug-likeness (QED) is 0.794. The van der Waals surface area contributed by atoms with Crippen LogP contribution in [-0.4, -0.2) is 29.6 Å². The third-order valence-corrected chi connectivity index (χ3v) is 4.24. The maximum Gasteiger partial charge on any atom is 0.229 e. The zero-order chi connectivity index (χ0) is 15.6. The predicted octanol–water partition coefficient (Wildman–Crippen LogP) is 2.64. The third kappa shape index (κ3) is 3.46. The number of nitrogens with zero attached hydrogens (tertiary/aromatic N) is 3. The molecule has 1 aromatic carbocycles. The monoisotopic (exact) mass is 332 g/mol. The molecule has 8 heteroatoms. The summed E-state index contributed by atoms with van der Waals surface area (Å²) in [5, 5.41) is 2.73. The van der Waals surface area contributed by atoms with E-state index >= 15 is 0 Å². The van der Waals surface area contributed by atoms with Crippen molar-refractivity contribution < 1.29 is 8.42 Å². The Morgan fingerprint density at radius 3 is 2.50 bits per heavy atom. The average Bonchev–Trinajstić information content (AvgIpc) is 2.97. The van der Waals surface area contributed by atoms with Crippen LogP contribution in [0.4, 0.5) is 5.69 Å². The summed E-state index contributed by atoms with van der Waals surface area (Å²) in [6, 6.07) is 7.06. The van der Waals surface area contributed by atoms with Crippen molar-refractivity contribution in [3.8, 4) is 22.0 Å². The Balaban J connectivity index is 1.85. The van der Waals surface area contributed by atoms with Gasteiger partial charge in [0.25, 0.3) is 0 Å². The molecule has 3 aromatic rings. The number of sulfonamides is 1. The summed E-state index contributed by atoms with van der Waals surface area (Å²) in [4.78, 5) is 12.8. The van der Waals surface area contributed by atoms with Crippen molar-refractivity contribution in [1.82, 2.24) is 15.0 Å². The number of aromatic nitrogens is 3. The van der Waals surface area contributed by atoms with Crippen molar-refractivity contribution in [2.75, 3.05) is 11.0 Å². The summed E-state index contributed by atoms with van der Waals surface area (Å²) in [6.07, 6.45) is 6.03. The van der Waals surface area contributed by atoms with Gasteiger partial charge in [-0.1, -0.05) is 12.1 Å². The smallest absolute Gasteiger partial charge is 0.229 e. The van der Waals surface area contributed by atoms with E-state index in [9.17, 15) is 8.42 Å². The number of benzene rings is 1. The largest absolute Gasteiger partial charge is 0.284 e. The molecule has 0 aliphatic carbocycles. The molecular formula is C14H12N4O2S2. The Bertz CT molecular complexity index is 875. The van der Waals surface area contributed by atoms with Crippen molar-refractivity contribution in [2.24, 2.45) is 0 Å². The molecule has 0 aliphatic heterocycles. The molecule has 0 aliphatic rings. The highest BCUT2D eigenvalue weighted by Gasteiger charge is 2.08. The van der Waals surface area contributed by atoms with Crippen molar-refractivity contribution in [2.45, 2.75) is 0 Å². The minimum atomic E-state index is -3.27. The highest BCUT2D eigenvalue weighted by molar-refractivity contribution is 7.92. The molecule has 112 valence electrons. The third-order valence-electron chi connectivity index (χ3n) is 2.77. The summed E-state index contributed by atoms with van der Waals surface area (Å²) in [5.41, 5.74) is 2.98. The molecule has 0 saturated carbocycles. The highest BCUT2D eigenvalue weighted by atomic mass is 32.2. The van der Waals surface area contributed by atoms with Crippen LogP contribution < -0.4 is 4.72 Å². The molecule has 2 heterocycles. The first-order chi connectivity index (χ1) is 10.5. The van der Waals surface area contributed by atoms with Gasteiger partial charge in [-0.05, 0) is 12.1 Å². The van der Waals surface area contributed by atoms with Crippen LogP contribution in [-0.2, 0) is 10.0 Å². The van der Waals surface area contributed by atoms with E-state index in [-0.39, 0.29) is 0 Å². The molecule has 0 bridgehead atoms. The molecular weight excluding hydrogens is 320 g/mol. The molecule has 6 nitrogen and oxygen atoms in total. The molecule has 0 amide bonds. The Labute approximate surface area is 132 Å². The molecule has 0 fully saturated rings. The second-order valence-corrected chi connectivity index (χ2v) is 7.19. The molecule has 2 aromatic heterocycles.